The number of amides is 1. The first-order valence-electron chi connectivity index (χ1n) is 11.4. The lowest BCUT2D eigenvalue weighted by atomic mass is 9.85. The summed E-state index contributed by atoms with van der Waals surface area (Å²) in [6.45, 7) is 6.47. The Hall–Kier alpha value is -2.59. The van der Waals surface area contributed by atoms with Gasteiger partial charge >= 0.3 is 12.3 Å². The SMILES string of the molecule is C=C(C1NC(/C=C/CNC(=O)OCC)Cc2c(N[C@@H]3CCN(C)C[C@@H]3F)cccc21)C(F)(F)F. The van der Waals surface area contributed by atoms with E-state index in [9.17, 15) is 22.4 Å². The maximum Gasteiger partial charge on any atom is 0.413 e. The van der Waals surface area contributed by atoms with Crippen LogP contribution in [-0.2, 0) is 11.2 Å². The molecule has 0 aromatic heterocycles. The Balaban J connectivity index is 1.83. The predicted octanol–water partition coefficient (Wildman–Crippen LogP) is 4.12. The van der Waals surface area contributed by atoms with Crippen molar-refractivity contribution in [2.45, 2.75) is 50.2 Å². The summed E-state index contributed by atoms with van der Waals surface area (Å²) in [5, 5.41) is 8.82. The summed E-state index contributed by atoms with van der Waals surface area (Å²) in [6, 6.07) is 3.12. The zero-order valence-electron chi connectivity index (χ0n) is 19.4. The number of nitrogens with one attached hydrogen (secondary N) is 3. The van der Waals surface area contributed by atoms with Gasteiger partial charge in [-0.05, 0) is 44.0 Å². The molecule has 1 amide bonds. The second kappa shape index (κ2) is 11.2. The average Bonchev–Trinajstić information content (AvgIpc) is 2.77. The molecule has 0 spiro atoms. The van der Waals surface area contributed by atoms with E-state index in [4.69, 9.17) is 4.74 Å². The molecule has 2 unspecified atom stereocenters. The van der Waals surface area contributed by atoms with Crippen molar-refractivity contribution in [2.24, 2.45) is 0 Å². The number of fused-ring (bicyclic) bond motifs is 1. The third-order valence-corrected chi connectivity index (χ3v) is 6.13. The van der Waals surface area contributed by atoms with Gasteiger partial charge in [-0.2, -0.15) is 13.2 Å². The number of rotatable bonds is 7. The number of piperidine rings is 1. The summed E-state index contributed by atoms with van der Waals surface area (Å²) >= 11 is 0. The molecule has 0 saturated carbocycles. The minimum absolute atomic E-state index is 0.174. The fraction of sp³-hybridized carbons (Fsp3) is 0.542. The van der Waals surface area contributed by atoms with E-state index in [1.54, 1.807) is 37.3 Å². The highest BCUT2D eigenvalue weighted by molar-refractivity contribution is 5.67. The van der Waals surface area contributed by atoms with E-state index in [1.165, 1.54) is 0 Å². The molecule has 1 saturated heterocycles. The minimum atomic E-state index is -4.58. The molecule has 0 radical (unpaired) electrons. The third kappa shape index (κ3) is 6.50. The Morgan fingerprint density at radius 2 is 2.15 bits per heavy atom. The van der Waals surface area contributed by atoms with E-state index in [-0.39, 0.29) is 13.2 Å². The number of carbonyl (C=O) groups excluding carboxylic acids is 1. The van der Waals surface area contributed by atoms with Gasteiger partial charge in [0.1, 0.15) is 6.17 Å². The van der Waals surface area contributed by atoms with Crippen molar-refractivity contribution in [3.05, 3.63) is 53.6 Å². The van der Waals surface area contributed by atoms with Crippen LogP contribution in [-0.4, -0.2) is 68.7 Å². The molecular formula is C24H32F4N4O2. The monoisotopic (exact) mass is 484 g/mol. The summed E-state index contributed by atoms with van der Waals surface area (Å²) in [5.74, 6) is 0. The lowest BCUT2D eigenvalue weighted by Crippen LogP contribution is -2.46. The summed E-state index contributed by atoms with van der Waals surface area (Å²) in [5.41, 5.74) is 0.927. The standard InChI is InChI=1S/C24H32F4N4O2/c1-4-34-23(33)29-11-6-7-16-13-18-17(22(30-16)15(2)24(26,27)28)8-5-9-20(18)31-21-10-12-32(3)14-19(21)25/h5-9,16,19,21-22,30-31H,2,4,10-14H2,1,3H3,(H,29,33)/b7-6+/t16?,19-,21+,22?/m0/s1. The van der Waals surface area contributed by atoms with Gasteiger partial charge in [-0.1, -0.05) is 30.9 Å². The van der Waals surface area contributed by atoms with Crippen LogP contribution in [0.15, 0.2) is 42.5 Å². The zero-order chi connectivity index (χ0) is 24.9. The van der Waals surface area contributed by atoms with Crippen LogP contribution in [0, 0.1) is 0 Å². The molecule has 2 aliphatic rings. The van der Waals surface area contributed by atoms with E-state index in [1.807, 2.05) is 11.9 Å². The van der Waals surface area contributed by atoms with Crippen LogP contribution in [0.3, 0.4) is 0 Å². The van der Waals surface area contributed by atoms with E-state index in [2.05, 4.69) is 22.5 Å². The normalized spacial score (nSPS) is 25.6. The zero-order valence-corrected chi connectivity index (χ0v) is 19.4. The molecule has 3 rings (SSSR count). The molecule has 1 aromatic carbocycles. The highest BCUT2D eigenvalue weighted by atomic mass is 19.4. The van der Waals surface area contributed by atoms with Gasteiger partial charge in [-0.15, -0.1) is 0 Å². The number of alkyl carbamates (subject to hydrolysis) is 1. The molecule has 1 aromatic rings. The predicted molar refractivity (Wildman–Crippen MR) is 124 cm³/mol. The molecule has 10 heteroatoms. The van der Waals surface area contributed by atoms with Crippen LogP contribution >= 0.6 is 0 Å². The largest absolute Gasteiger partial charge is 0.450 e. The van der Waals surface area contributed by atoms with Gasteiger partial charge < -0.3 is 20.3 Å². The number of benzene rings is 1. The van der Waals surface area contributed by atoms with Crippen LogP contribution in [0.25, 0.3) is 0 Å². The second-order valence-electron chi connectivity index (χ2n) is 8.65. The Labute approximate surface area is 197 Å². The number of anilines is 1. The summed E-state index contributed by atoms with van der Waals surface area (Å²) < 4.78 is 60.2. The van der Waals surface area contributed by atoms with Gasteiger partial charge in [0.05, 0.1) is 18.7 Å². The smallest absolute Gasteiger partial charge is 0.413 e. The molecule has 6 nitrogen and oxygen atoms in total. The molecule has 188 valence electrons. The average molecular weight is 485 g/mol. The molecule has 1 fully saturated rings. The van der Waals surface area contributed by atoms with Crippen LogP contribution < -0.4 is 16.0 Å². The number of likely N-dealkylation sites (tertiary alicyclic amines) is 1. The van der Waals surface area contributed by atoms with Gasteiger partial charge in [0, 0.05) is 36.9 Å². The number of halogens is 4. The van der Waals surface area contributed by atoms with Crippen molar-refractivity contribution in [1.29, 1.82) is 0 Å². The number of ether oxygens (including phenoxy) is 1. The maximum absolute atomic E-state index is 14.6. The molecule has 34 heavy (non-hydrogen) atoms. The van der Waals surface area contributed by atoms with Crippen LogP contribution in [0.5, 0.6) is 0 Å². The Morgan fingerprint density at radius 1 is 1.38 bits per heavy atom. The number of nitrogens with zero attached hydrogens (tertiary/aromatic N) is 1. The maximum atomic E-state index is 14.6. The molecule has 3 N–H and O–H groups in total. The number of carbonyl (C=O) groups is 1. The van der Waals surface area contributed by atoms with Crippen LogP contribution in [0.4, 0.5) is 28.0 Å². The third-order valence-electron chi connectivity index (χ3n) is 6.13. The molecule has 2 aliphatic heterocycles. The topological polar surface area (TPSA) is 65.6 Å². The van der Waals surface area contributed by atoms with E-state index >= 15 is 0 Å². The Morgan fingerprint density at radius 3 is 2.82 bits per heavy atom. The quantitative estimate of drug-likeness (QED) is 0.402. The highest BCUT2D eigenvalue weighted by Crippen LogP contribution is 2.40. The van der Waals surface area contributed by atoms with Gasteiger partial charge in [0.25, 0.3) is 0 Å². The highest BCUT2D eigenvalue weighted by Gasteiger charge is 2.41. The fourth-order valence-corrected chi connectivity index (χ4v) is 4.37. The molecule has 0 aliphatic carbocycles. The van der Waals surface area contributed by atoms with E-state index in [0.29, 0.717) is 36.2 Å². The van der Waals surface area contributed by atoms with Gasteiger partial charge in [0.2, 0.25) is 0 Å². The number of hydrogen-bond acceptors (Lipinski definition) is 5. The van der Waals surface area contributed by atoms with Crippen LogP contribution in [0.1, 0.15) is 30.5 Å². The van der Waals surface area contributed by atoms with Crippen molar-refractivity contribution in [3.63, 3.8) is 0 Å². The lowest BCUT2D eigenvalue weighted by Gasteiger charge is -2.37. The summed E-state index contributed by atoms with van der Waals surface area (Å²) in [6.07, 6.45) is -1.84. The summed E-state index contributed by atoms with van der Waals surface area (Å²) in [7, 11) is 1.86. The molecule has 0 bridgehead atoms. The van der Waals surface area contributed by atoms with Gasteiger partial charge in [0.15, 0.2) is 0 Å². The Kier molecular flexibility index (Phi) is 8.59. The first kappa shape index (κ1) is 26.0. The number of hydrogen-bond donors (Lipinski definition) is 3. The first-order valence-corrected chi connectivity index (χ1v) is 11.4. The Bertz CT molecular complexity index is 905. The lowest BCUT2D eigenvalue weighted by molar-refractivity contribution is -0.0968. The van der Waals surface area contributed by atoms with Crippen molar-refractivity contribution >= 4 is 11.8 Å². The van der Waals surface area contributed by atoms with Crippen molar-refractivity contribution < 1.29 is 27.1 Å². The molecule has 4 atom stereocenters. The fourth-order valence-electron chi connectivity index (χ4n) is 4.37. The molecular weight excluding hydrogens is 452 g/mol. The van der Waals surface area contributed by atoms with E-state index in [0.717, 1.165) is 6.54 Å². The van der Waals surface area contributed by atoms with Crippen molar-refractivity contribution in [3.8, 4) is 0 Å². The minimum Gasteiger partial charge on any atom is -0.450 e. The van der Waals surface area contributed by atoms with E-state index < -0.39 is 42.1 Å². The second-order valence-corrected chi connectivity index (χ2v) is 8.65. The van der Waals surface area contributed by atoms with Crippen LogP contribution in [0.2, 0.25) is 0 Å². The first-order chi connectivity index (χ1) is 16.1. The van der Waals surface area contributed by atoms with Gasteiger partial charge in [-0.3, -0.25) is 5.32 Å². The molecule has 2 heterocycles. The number of alkyl halides is 4. The van der Waals surface area contributed by atoms with Gasteiger partial charge in [-0.25, -0.2) is 9.18 Å². The van der Waals surface area contributed by atoms with Crippen molar-refractivity contribution in [1.82, 2.24) is 15.5 Å². The van der Waals surface area contributed by atoms with Crippen molar-refractivity contribution in [2.75, 3.05) is 38.6 Å². The summed E-state index contributed by atoms with van der Waals surface area (Å²) in [4.78, 5) is 13.3.